The Morgan fingerprint density at radius 3 is 2.26 bits per heavy atom. The molecule has 1 fully saturated rings. The molecule has 0 aromatic rings. The molecule has 5 nitrogen and oxygen atoms in total. The number of hydrogen-bond acceptors (Lipinski definition) is 6. The summed E-state index contributed by atoms with van der Waals surface area (Å²) in [6, 6.07) is 0. The minimum absolute atomic E-state index is 0.363. The van der Waals surface area contributed by atoms with E-state index in [1.807, 2.05) is 0 Å². The van der Waals surface area contributed by atoms with Crippen LogP contribution in [0.5, 0.6) is 0 Å². The molecule has 4 N–H and O–H groups in total. The number of rotatable bonds is 8. The van der Waals surface area contributed by atoms with E-state index in [0.29, 0.717) is 0 Å². The molecule has 5 atom stereocenters. The Labute approximate surface area is 119 Å². The molecule has 1 rings (SSSR count). The Kier molecular flexibility index (Phi) is 8.29. The van der Waals surface area contributed by atoms with Gasteiger partial charge in [0.25, 0.3) is 0 Å². The number of aliphatic hydroxyl groups is 4. The normalized spacial score (nSPS) is 35.5. The fourth-order valence-corrected chi connectivity index (χ4v) is 3.29. The van der Waals surface area contributed by atoms with E-state index >= 15 is 0 Å². The molecule has 0 aromatic carbocycles. The standard InChI is InChI=1S/C13H26O5S/c1-2-3-4-5-6-7-19-13-12(17)11(16)10(15)9(8-14)18-13/h9-17H,2-8H2,1H3/t9-,10-,11+,12-,13-/m1/s1. The summed E-state index contributed by atoms with van der Waals surface area (Å²) in [5.74, 6) is 0.840. The molecular weight excluding hydrogens is 268 g/mol. The van der Waals surface area contributed by atoms with Crippen LogP contribution in [0.15, 0.2) is 0 Å². The van der Waals surface area contributed by atoms with Crippen molar-refractivity contribution in [1.29, 1.82) is 0 Å². The number of hydrogen-bond donors (Lipinski definition) is 4. The maximum Gasteiger partial charge on any atom is 0.132 e. The minimum atomic E-state index is -1.26. The Morgan fingerprint density at radius 2 is 1.63 bits per heavy atom. The van der Waals surface area contributed by atoms with Crippen LogP contribution in [0, 0.1) is 0 Å². The van der Waals surface area contributed by atoms with Gasteiger partial charge in [-0.2, -0.15) is 0 Å². The topological polar surface area (TPSA) is 90.2 Å². The van der Waals surface area contributed by atoms with Crippen molar-refractivity contribution in [2.75, 3.05) is 12.4 Å². The van der Waals surface area contributed by atoms with Gasteiger partial charge in [0.2, 0.25) is 0 Å². The van der Waals surface area contributed by atoms with Gasteiger partial charge in [-0.1, -0.05) is 32.6 Å². The first-order valence-corrected chi connectivity index (χ1v) is 8.08. The molecule has 6 heteroatoms. The zero-order valence-electron chi connectivity index (χ0n) is 11.4. The highest BCUT2D eigenvalue weighted by atomic mass is 32.2. The molecule has 0 saturated carbocycles. The van der Waals surface area contributed by atoms with E-state index in [1.54, 1.807) is 0 Å². The number of ether oxygens (including phenoxy) is 1. The van der Waals surface area contributed by atoms with Crippen molar-refractivity contribution in [2.45, 2.75) is 68.9 Å². The lowest BCUT2D eigenvalue weighted by Gasteiger charge is -2.39. The van der Waals surface area contributed by atoms with Gasteiger partial charge >= 0.3 is 0 Å². The van der Waals surface area contributed by atoms with E-state index in [-0.39, 0.29) is 6.61 Å². The summed E-state index contributed by atoms with van der Waals surface area (Å²) in [4.78, 5) is 0. The smallest absolute Gasteiger partial charge is 0.132 e. The van der Waals surface area contributed by atoms with Gasteiger partial charge in [-0.25, -0.2) is 0 Å². The predicted octanol–water partition coefficient (Wildman–Crippen LogP) is 0.490. The van der Waals surface area contributed by atoms with Crippen LogP contribution in [0.4, 0.5) is 0 Å². The van der Waals surface area contributed by atoms with Crippen LogP contribution in [-0.2, 0) is 4.74 Å². The van der Waals surface area contributed by atoms with Gasteiger partial charge in [-0.15, -0.1) is 11.8 Å². The Balaban J connectivity index is 2.28. The largest absolute Gasteiger partial charge is 0.394 e. The highest BCUT2D eigenvalue weighted by Gasteiger charge is 2.43. The third-order valence-corrected chi connectivity index (χ3v) is 4.62. The van der Waals surface area contributed by atoms with Crippen molar-refractivity contribution in [3.63, 3.8) is 0 Å². The first kappa shape index (κ1) is 17.2. The van der Waals surface area contributed by atoms with E-state index in [4.69, 9.17) is 9.84 Å². The third-order valence-electron chi connectivity index (χ3n) is 3.38. The van der Waals surface area contributed by atoms with Crippen LogP contribution in [0.1, 0.15) is 39.0 Å². The molecule has 114 valence electrons. The number of unbranched alkanes of at least 4 members (excludes halogenated alkanes) is 4. The second-order valence-electron chi connectivity index (χ2n) is 4.98. The van der Waals surface area contributed by atoms with Gasteiger partial charge in [0, 0.05) is 0 Å². The molecule has 19 heavy (non-hydrogen) atoms. The maximum absolute atomic E-state index is 9.82. The summed E-state index contributed by atoms with van der Waals surface area (Å²) in [6.07, 6.45) is 1.42. The van der Waals surface area contributed by atoms with Gasteiger partial charge in [0.05, 0.1) is 6.61 Å². The maximum atomic E-state index is 9.82. The lowest BCUT2D eigenvalue weighted by Crippen LogP contribution is -2.57. The summed E-state index contributed by atoms with van der Waals surface area (Å²) in [5.41, 5.74) is -0.582. The molecule has 0 radical (unpaired) electrons. The van der Waals surface area contributed by atoms with E-state index in [2.05, 4.69) is 6.92 Å². The molecule has 1 saturated heterocycles. The summed E-state index contributed by atoms with van der Waals surface area (Å²) in [6.45, 7) is 1.81. The SMILES string of the molecule is CCCCCCCS[C@H]1O[C@H](CO)[C@@H](O)[C@H](O)[C@H]1O. The van der Waals surface area contributed by atoms with Gasteiger partial charge < -0.3 is 25.2 Å². The average molecular weight is 294 g/mol. The molecule has 0 aromatic heterocycles. The van der Waals surface area contributed by atoms with Crippen LogP contribution in [0.3, 0.4) is 0 Å². The Bertz CT molecular complexity index is 239. The molecule has 0 spiro atoms. The van der Waals surface area contributed by atoms with Gasteiger partial charge in [0.1, 0.15) is 29.9 Å². The Morgan fingerprint density at radius 1 is 0.947 bits per heavy atom. The van der Waals surface area contributed by atoms with Gasteiger partial charge in [0.15, 0.2) is 0 Å². The summed E-state index contributed by atoms with van der Waals surface area (Å²) in [5, 5.41) is 38.2. The van der Waals surface area contributed by atoms with Crippen molar-refractivity contribution < 1.29 is 25.2 Å². The van der Waals surface area contributed by atoms with Crippen LogP contribution in [-0.4, -0.2) is 62.6 Å². The van der Waals surface area contributed by atoms with Crippen LogP contribution in [0.2, 0.25) is 0 Å². The highest BCUT2D eigenvalue weighted by Crippen LogP contribution is 2.29. The molecule has 0 aliphatic carbocycles. The van der Waals surface area contributed by atoms with E-state index in [0.717, 1.165) is 18.6 Å². The van der Waals surface area contributed by atoms with Crippen molar-refractivity contribution in [3.05, 3.63) is 0 Å². The molecule has 1 heterocycles. The van der Waals surface area contributed by atoms with Crippen molar-refractivity contribution in [1.82, 2.24) is 0 Å². The zero-order chi connectivity index (χ0) is 14.3. The van der Waals surface area contributed by atoms with Gasteiger partial charge in [-0.05, 0) is 12.2 Å². The Hall–Kier alpha value is 0.150. The second kappa shape index (κ2) is 9.15. The molecule has 0 unspecified atom stereocenters. The third kappa shape index (κ3) is 5.21. The van der Waals surface area contributed by atoms with Crippen molar-refractivity contribution in [2.24, 2.45) is 0 Å². The fraction of sp³-hybridized carbons (Fsp3) is 1.00. The number of aliphatic hydroxyl groups excluding tert-OH is 4. The quantitative estimate of drug-likeness (QED) is 0.487. The minimum Gasteiger partial charge on any atom is -0.394 e. The second-order valence-corrected chi connectivity index (χ2v) is 6.19. The fourth-order valence-electron chi connectivity index (χ4n) is 2.11. The summed E-state index contributed by atoms with van der Waals surface area (Å²) >= 11 is 1.43. The number of thioether (sulfide) groups is 1. The first-order chi connectivity index (χ1) is 9.11. The van der Waals surface area contributed by atoms with Crippen LogP contribution >= 0.6 is 11.8 Å². The summed E-state index contributed by atoms with van der Waals surface area (Å²) < 4.78 is 5.41. The van der Waals surface area contributed by atoms with E-state index < -0.39 is 29.9 Å². The highest BCUT2D eigenvalue weighted by molar-refractivity contribution is 7.99. The van der Waals surface area contributed by atoms with Crippen LogP contribution < -0.4 is 0 Å². The predicted molar refractivity (Wildman–Crippen MR) is 75.0 cm³/mol. The molecule has 0 amide bonds. The zero-order valence-corrected chi connectivity index (χ0v) is 12.3. The average Bonchev–Trinajstić information content (AvgIpc) is 2.42. The van der Waals surface area contributed by atoms with Crippen molar-refractivity contribution in [3.8, 4) is 0 Å². The van der Waals surface area contributed by atoms with E-state index in [9.17, 15) is 15.3 Å². The molecule has 1 aliphatic rings. The van der Waals surface area contributed by atoms with Crippen LogP contribution in [0.25, 0.3) is 0 Å². The summed E-state index contributed by atoms with van der Waals surface area (Å²) in [7, 11) is 0. The molecule has 1 aliphatic heterocycles. The molecule has 0 bridgehead atoms. The monoisotopic (exact) mass is 294 g/mol. The van der Waals surface area contributed by atoms with Gasteiger partial charge in [-0.3, -0.25) is 0 Å². The first-order valence-electron chi connectivity index (χ1n) is 7.04. The van der Waals surface area contributed by atoms with E-state index in [1.165, 1.54) is 31.0 Å². The lowest BCUT2D eigenvalue weighted by atomic mass is 10.0. The lowest BCUT2D eigenvalue weighted by molar-refractivity contribution is -0.205. The molecular formula is C13H26O5S. The van der Waals surface area contributed by atoms with Crippen molar-refractivity contribution >= 4 is 11.8 Å².